The summed E-state index contributed by atoms with van der Waals surface area (Å²) in [7, 11) is 1.51. The van der Waals surface area contributed by atoms with Crippen LogP contribution in [0.5, 0.6) is 5.88 Å². The number of nitrogens with zero attached hydrogens (tertiary/aromatic N) is 2. The van der Waals surface area contributed by atoms with Gasteiger partial charge in [0.15, 0.2) is 0 Å². The number of non-ortho nitro benzene ring substituents is 1. The molecular formula is C16H18N4O4. The maximum Gasteiger partial charge on any atom is 0.315 e. The number of ether oxygens (including phenoxy) is 1. The predicted molar refractivity (Wildman–Crippen MR) is 87.7 cm³/mol. The summed E-state index contributed by atoms with van der Waals surface area (Å²) in [6, 6.07) is 8.95. The van der Waals surface area contributed by atoms with Crippen LogP contribution in [-0.4, -0.2) is 23.0 Å². The first-order valence-electron chi connectivity index (χ1n) is 7.28. The largest absolute Gasteiger partial charge is 0.481 e. The molecule has 0 spiro atoms. The molecule has 0 radical (unpaired) electrons. The lowest BCUT2D eigenvalue weighted by Gasteiger charge is -2.15. The van der Waals surface area contributed by atoms with Gasteiger partial charge >= 0.3 is 6.03 Å². The molecule has 2 rings (SSSR count). The average molecular weight is 330 g/mol. The lowest BCUT2D eigenvalue weighted by molar-refractivity contribution is -0.384. The highest BCUT2D eigenvalue weighted by molar-refractivity contribution is 5.74. The van der Waals surface area contributed by atoms with Gasteiger partial charge in [-0.25, -0.2) is 9.78 Å². The third-order valence-electron chi connectivity index (χ3n) is 3.41. The third-order valence-corrected chi connectivity index (χ3v) is 3.41. The number of methoxy groups -OCH3 is 1. The number of nitro benzene ring substituents is 1. The average Bonchev–Trinajstić information content (AvgIpc) is 2.60. The lowest BCUT2D eigenvalue weighted by atomic mass is 10.1. The predicted octanol–water partition coefficient (Wildman–Crippen LogP) is 2.56. The standard InChI is InChI=1S/C16H18N4O4/c1-11(12-5-3-7-14(9-12)20(22)23)19-16(21)18-10-13-6-4-8-17-15(13)24-2/h3-9,11H,10H2,1-2H3,(H2,18,19,21)/t11-/m0/s1. The van der Waals surface area contributed by atoms with E-state index in [1.54, 1.807) is 37.4 Å². The minimum absolute atomic E-state index is 0.0124. The van der Waals surface area contributed by atoms with E-state index in [1.807, 2.05) is 0 Å². The Morgan fingerprint density at radius 2 is 2.17 bits per heavy atom. The maximum atomic E-state index is 12.0. The van der Waals surface area contributed by atoms with Crippen molar-refractivity contribution in [2.75, 3.05) is 7.11 Å². The van der Waals surface area contributed by atoms with E-state index in [4.69, 9.17) is 4.74 Å². The molecule has 1 heterocycles. The molecular weight excluding hydrogens is 312 g/mol. The first-order chi connectivity index (χ1) is 11.5. The Morgan fingerprint density at radius 3 is 2.88 bits per heavy atom. The number of pyridine rings is 1. The number of hydrogen-bond acceptors (Lipinski definition) is 5. The van der Waals surface area contributed by atoms with Gasteiger partial charge in [0.2, 0.25) is 5.88 Å². The van der Waals surface area contributed by atoms with Crippen molar-refractivity contribution >= 4 is 11.7 Å². The van der Waals surface area contributed by atoms with E-state index in [0.29, 0.717) is 11.4 Å². The smallest absolute Gasteiger partial charge is 0.315 e. The molecule has 2 N–H and O–H groups in total. The van der Waals surface area contributed by atoms with Crippen molar-refractivity contribution in [2.45, 2.75) is 19.5 Å². The lowest BCUT2D eigenvalue weighted by Crippen LogP contribution is -2.36. The normalized spacial score (nSPS) is 11.4. The van der Waals surface area contributed by atoms with Gasteiger partial charge in [0.05, 0.1) is 18.1 Å². The van der Waals surface area contributed by atoms with Crippen molar-refractivity contribution in [2.24, 2.45) is 0 Å². The Labute approximate surface area is 139 Å². The van der Waals surface area contributed by atoms with Crippen LogP contribution in [0, 0.1) is 10.1 Å². The molecule has 0 aliphatic carbocycles. The fraction of sp³-hybridized carbons (Fsp3) is 0.250. The topological polar surface area (TPSA) is 106 Å². The second-order valence-corrected chi connectivity index (χ2v) is 5.07. The number of benzene rings is 1. The van der Waals surface area contributed by atoms with Crippen LogP contribution < -0.4 is 15.4 Å². The summed E-state index contributed by atoms with van der Waals surface area (Å²) < 4.78 is 5.12. The molecule has 24 heavy (non-hydrogen) atoms. The molecule has 126 valence electrons. The van der Waals surface area contributed by atoms with Gasteiger partial charge in [-0.2, -0.15) is 0 Å². The number of nitro groups is 1. The Bertz CT molecular complexity index is 736. The molecule has 0 unspecified atom stereocenters. The molecule has 0 fully saturated rings. The second-order valence-electron chi connectivity index (χ2n) is 5.07. The van der Waals surface area contributed by atoms with Gasteiger partial charge < -0.3 is 15.4 Å². The molecule has 0 bridgehead atoms. The molecule has 8 heteroatoms. The maximum absolute atomic E-state index is 12.0. The molecule has 2 amide bonds. The van der Waals surface area contributed by atoms with E-state index in [2.05, 4.69) is 15.6 Å². The van der Waals surface area contributed by atoms with Gasteiger partial charge in [0, 0.05) is 30.4 Å². The van der Waals surface area contributed by atoms with Crippen LogP contribution in [-0.2, 0) is 6.54 Å². The fourth-order valence-electron chi connectivity index (χ4n) is 2.16. The number of amides is 2. The Balaban J connectivity index is 1.94. The Kier molecular flexibility index (Phi) is 5.67. The quantitative estimate of drug-likeness (QED) is 0.625. The summed E-state index contributed by atoms with van der Waals surface area (Å²) in [5.41, 5.74) is 1.39. The minimum Gasteiger partial charge on any atom is -0.481 e. The van der Waals surface area contributed by atoms with Gasteiger partial charge in [-0.1, -0.05) is 18.2 Å². The van der Waals surface area contributed by atoms with Gasteiger partial charge in [0.25, 0.3) is 5.69 Å². The number of rotatable bonds is 6. The number of urea groups is 1. The molecule has 2 aromatic rings. The molecule has 1 aromatic carbocycles. The minimum atomic E-state index is -0.467. The SMILES string of the molecule is COc1ncccc1CNC(=O)N[C@@H](C)c1cccc([N+](=O)[O-])c1. The summed E-state index contributed by atoms with van der Waals surface area (Å²) in [4.78, 5) is 26.4. The Morgan fingerprint density at radius 1 is 1.38 bits per heavy atom. The summed E-state index contributed by atoms with van der Waals surface area (Å²) in [6.45, 7) is 2.01. The molecule has 1 aromatic heterocycles. The molecule has 0 aliphatic rings. The van der Waals surface area contributed by atoms with Crippen LogP contribution >= 0.6 is 0 Å². The molecule has 0 saturated heterocycles. The van der Waals surface area contributed by atoms with Crippen molar-refractivity contribution in [1.29, 1.82) is 0 Å². The zero-order valence-corrected chi connectivity index (χ0v) is 13.4. The van der Waals surface area contributed by atoms with Crippen molar-refractivity contribution < 1.29 is 14.5 Å². The second kappa shape index (κ2) is 7.91. The fourth-order valence-corrected chi connectivity index (χ4v) is 2.16. The highest BCUT2D eigenvalue weighted by Crippen LogP contribution is 2.19. The van der Waals surface area contributed by atoms with Crippen LogP contribution in [0.2, 0.25) is 0 Å². The monoisotopic (exact) mass is 330 g/mol. The first-order valence-corrected chi connectivity index (χ1v) is 7.28. The van der Waals surface area contributed by atoms with Gasteiger partial charge in [-0.15, -0.1) is 0 Å². The van der Waals surface area contributed by atoms with E-state index >= 15 is 0 Å². The van der Waals surface area contributed by atoms with E-state index in [9.17, 15) is 14.9 Å². The van der Waals surface area contributed by atoms with E-state index in [0.717, 1.165) is 5.56 Å². The van der Waals surface area contributed by atoms with Crippen LogP contribution in [0.1, 0.15) is 24.1 Å². The van der Waals surface area contributed by atoms with Gasteiger partial charge in [-0.05, 0) is 18.6 Å². The van der Waals surface area contributed by atoms with E-state index in [-0.39, 0.29) is 24.3 Å². The zero-order valence-electron chi connectivity index (χ0n) is 13.4. The van der Waals surface area contributed by atoms with E-state index < -0.39 is 4.92 Å². The van der Waals surface area contributed by atoms with Crippen LogP contribution in [0.15, 0.2) is 42.6 Å². The van der Waals surface area contributed by atoms with Crippen molar-refractivity contribution in [1.82, 2.24) is 15.6 Å². The van der Waals surface area contributed by atoms with Gasteiger partial charge in [0.1, 0.15) is 0 Å². The number of carbonyl (C=O) groups is 1. The summed E-state index contributed by atoms with van der Waals surface area (Å²) in [6.07, 6.45) is 1.60. The number of aromatic nitrogens is 1. The van der Waals surface area contributed by atoms with Gasteiger partial charge in [-0.3, -0.25) is 10.1 Å². The number of hydrogen-bond donors (Lipinski definition) is 2. The van der Waals surface area contributed by atoms with Crippen molar-refractivity contribution in [3.05, 3.63) is 63.8 Å². The van der Waals surface area contributed by atoms with Crippen molar-refractivity contribution in [3.8, 4) is 5.88 Å². The van der Waals surface area contributed by atoms with E-state index in [1.165, 1.54) is 19.2 Å². The highest BCUT2D eigenvalue weighted by atomic mass is 16.6. The van der Waals surface area contributed by atoms with Crippen LogP contribution in [0.3, 0.4) is 0 Å². The first kappa shape index (κ1) is 17.2. The van der Waals surface area contributed by atoms with Crippen LogP contribution in [0.4, 0.5) is 10.5 Å². The number of nitrogens with one attached hydrogen (secondary N) is 2. The van der Waals surface area contributed by atoms with Crippen LogP contribution in [0.25, 0.3) is 0 Å². The number of carbonyl (C=O) groups excluding carboxylic acids is 1. The summed E-state index contributed by atoms with van der Waals surface area (Å²) in [5, 5.41) is 16.2. The molecule has 0 saturated carbocycles. The van der Waals surface area contributed by atoms with Crippen molar-refractivity contribution in [3.63, 3.8) is 0 Å². The molecule has 8 nitrogen and oxygen atoms in total. The summed E-state index contributed by atoms with van der Waals surface area (Å²) in [5.74, 6) is 0.449. The zero-order chi connectivity index (χ0) is 17.5. The molecule has 0 aliphatic heterocycles. The molecule has 1 atom stereocenters. The third kappa shape index (κ3) is 4.42. The summed E-state index contributed by atoms with van der Waals surface area (Å²) >= 11 is 0. The highest BCUT2D eigenvalue weighted by Gasteiger charge is 2.13. The Hall–Kier alpha value is -3.16.